The zero-order chi connectivity index (χ0) is 14.4. The molecule has 0 saturated heterocycles. The third-order valence-electron chi connectivity index (χ3n) is 2.98. The summed E-state index contributed by atoms with van der Waals surface area (Å²) in [6.07, 6.45) is -4.25. The molecule has 0 aliphatic rings. The molecular formula is C16H16F3N. The van der Waals surface area contributed by atoms with Crippen molar-refractivity contribution in [1.82, 2.24) is 0 Å². The number of nitrogens with one attached hydrogen (secondary N) is 1. The van der Waals surface area contributed by atoms with E-state index in [4.69, 9.17) is 0 Å². The molecule has 0 aromatic heterocycles. The van der Waals surface area contributed by atoms with E-state index >= 15 is 0 Å². The van der Waals surface area contributed by atoms with Crippen LogP contribution in [0.5, 0.6) is 0 Å². The molecule has 106 valence electrons. The number of halogens is 3. The van der Waals surface area contributed by atoms with Crippen LogP contribution < -0.4 is 5.32 Å². The lowest BCUT2D eigenvalue weighted by Crippen LogP contribution is -2.15. The summed E-state index contributed by atoms with van der Waals surface area (Å²) < 4.78 is 36.5. The van der Waals surface area contributed by atoms with Gasteiger partial charge in [0.15, 0.2) is 0 Å². The molecule has 0 bridgehead atoms. The minimum atomic E-state index is -4.12. The normalized spacial score (nSPS) is 11.3. The molecule has 0 radical (unpaired) electrons. The monoisotopic (exact) mass is 279 g/mol. The first-order valence-electron chi connectivity index (χ1n) is 6.47. The van der Waals surface area contributed by atoms with Gasteiger partial charge in [0.1, 0.15) is 0 Å². The lowest BCUT2D eigenvalue weighted by molar-refractivity contribution is -0.131. The van der Waals surface area contributed by atoms with Crippen molar-refractivity contribution in [3.63, 3.8) is 0 Å². The zero-order valence-corrected chi connectivity index (χ0v) is 11.0. The predicted octanol–water partition coefficient (Wildman–Crippen LogP) is 4.64. The van der Waals surface area contributed by atoms with Gasteiger partial charge in [-0.15, -0.1) is 0 Å². The van der Waals surface area contributed by atoms with Crippen LogP contribution >= 0.6 is 0 Å². The topological polar surface area (TPSA) is 12.0 Å². The molecule has 0 atom stereocenters. The van der Waals surface area contributed by atoms with Gasteiger partial charge in [-0.1, -0.05) is 48.5 Å². The van der Waals surface area contributed by atoms with Gasteiger partial charge in [-0.3, -0.25) is 0 Å². The summed E-state index contributed by atoms with van der Waals surface area (Å²) in [6.45, 7) is -0.102. The van der Waals surface area contributed by atoms with Gasteiger partial charge in [-0.2, -0.15) is 13.2 Å². The molecule has 0 saturated carbocycles. The summed E-state index contributed by atoms with van der Waals surface area (Å²) in [7, 11) is 0. The van der Waals surface area contributed by atoms with Gasteiger partial charge < -0.3 is 5.32 Å². The molecule has 2 aromatic rings. The van der Waals surface area contributed by atoms with Crippen molar-refractivity contribution in [2.24, 2.45) is 0 Å². The van der Waals surface area contributed by atoms with Crippen LogP contribution in [0.15, 0.2) is 54.6 Å². The van der Waals surface area contributed by atoms with E-state index < -0.39 is 12.6 Å². The second-order valence-corrected chi connectivity index (χ2v) is 4.61. The lowest BCUT2D eigenvalue weighted by atomic mass is 10.0. The number of anilines is 1. The highest BCUT2D eigenvalue weighted by molar-refractivity contribution is 5.52. The summed E-state index contributed by atoms with van der Waals surface area (Å²) in [5.41, 5.74) is 2.90. The molecule has 0 aliphatic heterocycles. The van der Waals surface area contributed by atoms with Crippen molar-refractivity contribution in [1.29, 1.82) is 0 Å². The number of alkyl halides is 3. The van der Waals surface area contributed by atoms with E-state index in [1.54, 1.807) is 0 Å². The number of rotatable bonds is 5. The largest absolute Gasteiger partial charge is 0.390 e. The molecule has 0 unspecified atom stereocenters. The first kappa shape index (κ1) is 14.4. The van der Waals surface area contributed by atoms with E-state index in [9.17, 15) is 13.2 Å². The molecule has 20 heavy (non-hydrogen) atoms. The van der Waals surface area contributed by atoms with Crippen molar-refractivity contribution in [3.8, 4) is 0 Å². The Morgan fingerprint density at radius 3 is 2.20 bits per heavy atom. The maximum absolute atomic E-state index is 12.2. The average Bonchev–Trinajstić information content (AvgIpc) is 2.40. The Kier molecular flexibility index (Phi) is 4.66. The van der Waals surface area contributed by atoms with Gasteiger partial charge in [0, 0.05) is 12.2 Å². The van der Waals surface area contributed by atoms with E-state index in [1.807, 2.05) is 54.6 Å². The van der Waals surface area contributed by atoms with Crippen molar-refractivity contribution in [3.05, 3.63) is 65.7 Å². The first-order valence-corrected chi connectivity index (χ1v) is 6.47. The molecule has 1 nitrogen and oxygen atoms in total. The number of hydrogen-bond donors (Lipinski definition) is 1. The van der Waals surface area contributed by atoms with Crippen LogP contribution in [-0.2, 0) is 6.42 Å². The van der Waals surface area contributed by atoms with Crippen LogP contribution in [0.4, 0.5) is 18.9 Å². The van der Waals surface area contributed by atoms with Gasteiger partial charge >= 0.3 is 6.18 Å². The van der Waals surface area contributed by atoms with Crippen LogP contribution in [-0.4, -0.2) is 12.7 Å². The summed E-state index contributed by atoms with van der Waals surface area (Å²) in [4.78, 5) is 0. The Bertz CT molecular complexity index is 535. The highest BCUT2D eigenvalue weighted by atomic mass is 19.4. The Balaban J connectivity index is 2.03. The van der Waals surface area contributed by atoms with Crippen LogP contribution in [0.25, 0.3) is 0 Å². The number of hydrogen-bond acceptors (Lipinski definition) is 1. The van der Waals surface area contributed by atoms with Gasteiger partial charge in [-0.05, 0) is 23.6 Å². The zero-order valence-electron chi connectivity index (χ0n) is 11.0. The fourth-order valence-electron chi connectivity index (χ4n) is 2.00. The minimum absolute atomic E-state index is 0.102. The maximum atomic E-state index is 12.2. The fraction of sp³-hybridized carbons (Fsp3) is 0.250. The third kappa shape index (κ3) is 4.61. The molecular weight excluding hydrogens is 263 g/mol. The molecule has 0 fully saturated rings. The van der Waals surface area contributed by atoms with Gasteiger partial charge in [0.05, 0.1) is 6.42 Å². The Morgan fingerprint density at radius 2 is 1.50 bits per heavy atom. The summed E-state index contributed by atoms with van der Waals surface area (Å²) >= 11 is 0. The van der Waals surface area contributed by atoms with Crippen LogP contribution in [0, 0.1) is 0 Å². The molecule has 0 heterocycles. The van der Waals surface area contributed by atoms with Crippen LogP contribution in [0.3, 0.4) is 0 Å². The highest BCUT2D eigenvalue weighted by Crippen LogP contribution is 2.22. The second-order valence-electron chi connectivity index (χ2n) is 4.61. The van der Waals surface area contributed by atoms with E-state index in [0.29, 0.717) is 6.42 Å². The van der Waals surface area contributed by atoms with E-state index in [1.165, 1.54) is 0 Å². The van der Waals surface area contributed by atoms with Gasteiger partial charge in [0.25, 0.3) is 0 Å². The fourth-order valence-corrected chi connectivity index (χ4v) is 2.00. The average molecular weight is 279 g/mol. The molecule has 1 N–H and O–H groups in total. The quantitative estimate of drug-likeness (QED) is 0.840. The summed E-state index contributed by atoms with van der Waals surface area (Å²) in [5, 5.41) is 2.87. The summed E-state index contributed by atoms with van der Waals surface area (Å²) in [6, 6.07) is 17.3. The molecule has 2 aromatic carbocycles. The first-order chi connectivity index (χ1) is 9.54. The smallest absolute Gasteiger partial charge is 0.384 e. The second kappa shape index (κ2) is 6.46. The number of benzene rings is 2. The molecule has 4 heteroatoms. The molecule has 0 spiro atoms. The number of para-hydroxylation sites is 1. The van der Waals surface area contributed by atoms with Crippen LogP contribution in [0.1, 0.15) is 17.5 Å². The lowest BCUT2D eigenvalue weighted by Gasteiger charge is -2.13. The van der Waals surface area contributed by atoms with Crippen LogP contribution in [0.2, 0.25) is 0 Å². The third-order valence-corrected chi connectivity index (χ3v) is 2.98. The van der Waals surface area contributed by atoms with Gasteiger partial charge in [-0.25, -0.2) is 0 Å². The van der Waals surface area contributed by atoms with E-state index in [0.717, 1.165) is 16.8 Å². The molecule has 2 rings (SSSR count). The predicted molar refractivity (Wildman–Crippen MR) is 74.9 cm³/mol. The molecule has 0 aliphatic carbocycles. The van der Waals surface area contributed by atoms with Gasteiger partial charge in [0.2, 0.25) is 0 Å². The van der Waals surface area contributed by atoms with E-state index in [2.05, 4.69) is 5.32 Å². The Labute approximate surface area is 116 Å². The van der Waals surface area contributed by atoms with Crippen molar-refractivity contribution in [2.75, 3.05) is 11.9 Å². The molecule has 0 amide bonds. The van der Waals surface area contributed by atoms with Crippen molar-refractivity contribution < 1.29 is 13.2 Å². The SMILES string of the molecule is FC(F)(F)CCNc1ccccc1Cc1ccccc1. The van der Waals surface area contributed by atoms with Crippen molar-refractivity contribution in [2.45, 2.75) is 19.0 Å². The Morgan fingerprint density at radius 1 is 0.850 bits per heavy atom. The Hall–Kier alpha value is -1.97. The minimum Gasteiger partial charge on any atom is -0.384 e. The maximum Gasteiger partial charge on any atom is 0.390 e. The highest BCUT2D eigenvalue weighted by Gasteiger charge is 2.26. The summed E-state index contributed by atoms with van der Waals surface area (Å²) in [5.74, 6) is 0. The van der Waals surface area contributed by atoms with Crippen molar-refractivity contribution >= 4 is 5.69 Å². The standard InChI is InChI=1S/C16H16F3N/c17-16(18,19)10-11-20-15-9-5-4-8-14(15)12-13-6-2-1-3-7-13/h1-9,20H,10-12H2. The van der Waals surface area contributed by atoms with E-state index in [-0.39, 0.29) is 6.54 Å².